The Morgan fingerprint density at radius 3 is 2.57 bits per heavy atom. The molecule has 0 saturated carbocycles. The number of hydrogen-bond donors (Lipinski definition) is 3. The Kier molecular flexibility index (Phi) is 4.95. The average Bonchev–Trinajstić information content (AvgIpc) is 3.30. The summed E-state index contributed by atoms with van der Waals surface area (Å²) >= 11 is 6.48. The topological polar surface area (TPSA) is 101 Å². The molecule has 0 spiro atoms. The number of amides is 1. The van der Waals surface area contributed by atoms with Gasteiger partial charge in [-0.05, 0) is 45.0 Å². The van der Waals surface area contributed by atoms with E-state index < -0.39 is 0 Å². The van der Waals surface area contributed by atoms with Gasteiger partial charge in [-0.2, -0.15) is 10.1 Å². The summed E-state index contributed by atoms with van der Waals surface area (Å²) in [5.41, 5.74) is 2.67. The number of carbonyl (C=O) groups excluding carboxylic acids is 1. The van der Waals surface area contributed by atoms with Crippen LogP contribution in [0.15, 0.2) is 42.6 Å². The van der Waals surface area contributed by atoms with Crippen LogP contribution in [0.5, 0.6) is 0 Å². The minimum absolute atomic E-state index is 0.116. The van der Waals surface area contributed by atoms with Crippen LogP contribution in [0, 0.1) is 0 Å². The van der Waals surface area contributed by atoms with Crippen molar-refractivity contribution in [2.24, 2.45) is 7.05 Å². The SMILES string of the molecule is Cn1nc(-c2ccc(C(=O)NC(C)(C)C)cc2)nc1Nc1ccc2[nH]ncc2c1Cl. The van der Waals surface area contributed by atoms with E-state index in [1.165, 1.54) is 0 Å². The smallest absolute Gasteiger partial charge is 0.251 e. The fourth-order valence-corrected chi connectivity index (χ4v) is 3.26. The number of anilines is 2. The monoisotopic (exact) mass is 423 g/mol. The summed E-state index contributed by atoms with van der Waals surface area (Å²) in [6, 6.07) is 11.0. The first-order valence-corrected chi connectivity index (χ1v) is 9.82. The molecular formula is C21H22ClN7O. The quantitative estimate of drug-likeness (QED) is 0.454. The second-order valence-electron chi connectivity index (χ2n) is 8.05. The van der Waals surface area contributed by atoms with Crippen LogP contribution in [-0.4, -0.2) is 36.4 Å². The molecule has 2 aromatic heterocycles. The van der Waals surface area contributed by atoms with Crippen molar-refractivity contribution >= 4 is 40.0 Å². The van der Waals surface area contributed by atoms with Crippen LogP contribution in [0.1, 0.15) is 31.1 Å². The number of hydrogen-bond acceptors (Lipinski definition) is 5. The largest absolute Gasteiger partial charge is 0.347 e. The van der Waals surface area contributed by atoms with Crippen molar-refractivity contribution in [2.45, 2.75) is 26.3 Å². The lowest BCUT2D eigenvalue weighted by molar-refractivity contribution is 0.0919. The first kappa shape index (κ1) is 19.9. The van der Waals surface area contributed by atoms with Gasteiger partial charge >= 0.3 is 0 Å². The molecule has 4 aromatic rings. The zero-order chi connectivity index (χ0) is 21.5. The fraction of sp³-hybridized carbons (Fsp3) is 0.238. The Morgan fingerprint density at radius 2 is 1.87 bits per heavy atom. The number of nitrogens with one attached hydrogen (secondary N) is 3. The number of aryl methyl sites for hydroxylation is 1. The lowest BCUT2D eigenvalue weighted by atomic mass is 10.1. The number of H-pyrrole nitrogens is 1. The van der Waals surface area contributed by atoms with Gasteiger partial charge in [0, 0.05) is 29.1 Å². The molecule has 0 aliphatic carbocycles. The molecule has 30 heavy (non-hydrogen) atoms. The molecule has 0 aliphatic heterocycles. The molecule has 2 heterocycles. The molecule has 2 aromatic carbocycles. The second-order valence-corrected chi connectivity index (χ2v) is 8.43. The van der Waals surface area contributed by atoms with E-state index in [0.717, 1.165) is 16.5 Å². The predicted octanol–water partition coefficient (Wildman–Crippen LogP) is 4.28. The first-order valence-electron chi connectivity index (χ1n) is 9.44. The summed E-state index contributed by atoms with van der Waals surface area (Å²) in [4.78, 5) is 16.9. The van der Waals surface area contributed by atoms with E-state index in [1.807, 2.05) is 45.0 Å². The van der Waals surface area contributed by atoms with Gasteiger partial charge in [-0.3, -0.25) is 9.89 Å². The number of fused-ring (bicyclic) bond motifs is 1. The van der Waals surface area contributed by atoms with Crippen molar-refractivity contribution < 1.29 is 4.79 Å². The minimum atomic E-state index is -0.292. The van der Waals surface area contributed by atoms with E-state index in [-0.39, 0.29) is 11.4 Å². The number of aromatic amines is 1. The van der Waals surface area contributed by atoms with Crippen LogP contribution in [0.3, 0.4) is 0 Å². The van der Waals surface area contributed by atoms with E-state index in [0.29, 0.717) is 28.0 Å². The summed E-state index contributed by atoms with van der Waals surface area (Å²) in [6.45, 7) is 5.84. The van der Waals surface area contributed by atoms with Gasteiger partial charge in [0.2, 0.25) is 5.95 Å². The average molecular weight is 424 g/mol. The molecule has 3 N–H and O–H groups in total. The van der Waals surface area contributed by atoms with Crippen molar-refractivity contribution in [2.75, 3.05) is 5.32 Å². The van der Waals surface area contributed by atoms with Crippen molar-refractivity contribution in [3.63, 3.8) is 0 Å². The van der Waals surface area contributed by atoms with Crippen molar-refractivity contribution in [1.29, 1.82) is 0 Å². The molecule has 4 rings (SSSR count). The van der Waals surface area contributed by atoms with Crippen molar-refractivity contribution in [1.82, 2.24) is 30.3 Å². The third-order valence-electron chi connectivity index (χ3n) is 4.46. The highest BCUT2D eigenvalue weighted by atomic mass is 35.5. The van der Waals surface area contributed by atoms with Crippen LogP contribution < -0.4 is 10.6 Å². The molecule has 0 saturated heterocycles. The third-order valence-corrected chi connectivity index (χ3v) is 4.87. The Morgan fingerprint density at radius 1 is 1.13 bits per heavy atom. The van der Waals surface area contributed by atoms with Gasteiger partial charge in [-0.1, -0.05) is 23.7 Å². The van der Waals surface area contributed by atoms with Crippen molar-refractivity contribution in [3.05, 3.63) is 53.2 Å². The van der Waals surface area contributed by atoms with Gasteiger partial charge in [0.1, 0.15) is 0 Å². The number of rotatable bonds is 4. The van der Waals surface area contributed by atoms with E-state index >= 15 is 0 Å². The maximum absolute atomic E-state index is 12.3. The maximum atomic E-state index is 12.3. The molecule has 0 atom stereocenters. The first-order chi connectivity index (χ1) is 14.2. The van der Waals surface area contributed by atoms with E-state index in [9.17, 15) is 4.79 Å². The molecular weight excluding hydrogens is 402 g/mol. The Labute approximate surface area is 178 Å². The minimum Gasteiger partial charge on any atom is -0.347 e. The molecule has 9 heteroatoms. The fourth-order valence-electron chi connectivity index (χ4n) is 3.00. The number of nitrogens with zero attached hydrogens (tertiary/aromatic N) is 4. The highest BCUT2D eigenvalue weighted by molar-refractivity contribution is 6.38. The van der Waals surface area contributed by atoms with E-state index in [2.05, 4.69) is 30.9 Å². The molecule has 0 radical (unpaired) electrons. The van der Waals surface area contributed by atoms with Crippen LogP contribution in [-0.2, 0) is 7.05 Å². The lowest BCUT2D eigenvalue weighted by Gasteiger charge is -2.20. The predicted molar refractivity (Wildman–Crippen MR) is 118 cm³/mol. The summed E-state index contributed by atoms with van der Waals surface area (Å²) in [5.74, 6) is 0.974. The molecule has 8 nitrogen and oxygen atoms in total. The lowest BCUT2D eigenvalue weighted by Crippen LogP contribution is -2.40. The molecule has 0 bridgehead atoms. The molecule has 154 valence electrons. The standard InChI is InChI=1S/C21H22ClN7O/c1-21(2,3)26-19(30)13-7-5-12(6-8-13)18-25-20(29(4)28-18)24-16-10-9-15-14(17(16)22)11-23-27-15/h5-11H,1-4H3,(H,23,27)(H,26,30)(H,24,25,28). The van der Waals surface area contributed by atoms with Gasteiger partial charge in [-0.25, -0.2) is 4.68 Å². The number of aromatic nitrogens is 5. The van der Waals surface area contributed by atoms with Crippen molar-refractivity contribution in [3.8, 4) is 11.4 Å². The summed E-state index contributed by atoms with van der Waals surface area (Å²) in [5, 5.41) is 18.9. The number of benzene rings is 2. The summed E-state index contributed by atoms with van der Waals surface area (Å²) < 4.78 is 1.64. The Hall–Kier alpha value is -3.39. The van der Waals surface area contributed by atoms with Gasteiger partial charge in [0.15, 0.2) is 5.82 Å². The highest BCUT2D eigenvalue weighted by Crippen LogP contribution is 2.32. The van der Waals surface area contributed by atoms with Crippen LogP contribution in [0.2, 0.25) is 5.02 Å². The van der Waals surface area contributed by atoms with Crippen LogP contribution in [0.25, 0.3) is 22.3 Å². The Balaban J connectivity index is 1.56. The second kappa shape index (κ2) is 7.46. The van der Waals surface area contributed by atoms with E-state index in [4.69, 9.17) is 11.6 Å². The van der Waals surface area contributed by atoms with Gasteiger partial charge in [-0.15, -0.1) is 5.10 Å². The van der Waals surface area contributed by atoms with Gasteiger partial charge < -0.3 is 10.6 Å². The zero-order valence-corrected chi connectivity index (χ0v) is 17.9. The van der Waals surface area contributed by atoms with Gasteiger partial charge in [0.25, 0.3) is 5.91 Å². The molecule has 0 fully saturated rings. The third kappa shape index (κ3) is 3.99. The highest BCUT2D eigenvalue weighted by Gasteiger charge is 2.16. The zero-order valence-electron chi connectivity index (χ0n) is 17.1. The van der Waals surface area contributed by atoms with E-state index in [1.54, 1.807) is 30.1 Å². The molecule has 1 amide bonds. The maximum Gasteiger partial charge on any atom is 0.251 e. The summed E-state index contributed by atoms with van der Waals surface area (Å²) in [7, 11) is 1.80. The van der Waals surface area contributed by atoms with Gasteiger partial charge in [0.05, 0.1) is 22.4 Å². The molecule has 0 aliphatic rings. The van der Waals surface area contributed by atoms with Crippen LogP contribution >= 0.6 is 11.6 Å². The molecule has 0 unspecified atom stereocenters. The van der Waals surface area contributed by atoms with Crippen LogP contribution in [0.4, 0.5) is 11.6 Å². The number of halogens is 1. The normalized spacial score (nSPS) is 11.6. The number of carbonyl (C=O) groups is 1. The Bertz CT molecular complexity index is 1220. The summed E-state index contributed by atoms with van der Waals surface area (Å²) in [6.07, 6.45) is 1.68.